The van der Waals surface area contributed by atoms with E-state index in [1.165, 1.54) is 12.1 Å². The molecule has 0 aliphatic rings. The van der Waals surface area contributed by atoms with Crippen molar-refractivity contribution < 1.29 is 4.39 Å². The first-order valence-electron chi connectivity index (χ1n) is 3.52. The van der Waals surface area contributed by atoms with E-state index in [2.05, 4.69) is 0 Å². The fourth-order valence-electron chi connectivity index (χ4n) is 0.873. The highest BCUT2D eigenvalue weighted by Crippen LogP contribution is 2.15. The summed E-state index contributed by atoms with van der Waals surface area (Å²) in [5.74, 6) is -0.469. The zero-order valence-corrected chi connectivity index (χ0v) is 7.00. The van der Waals surface area contributed by atoms with Crippen molar-refractivity contribution in [2.24, 2.45) is 0 Å². The van der Waals surface area contributed by atoms with E-state index in [0.29, 0.717) is 0 Å². The maximum atomic E-state index is 13.0. The van der Waals surface area contributed by atoms with E-state index >= 15 is 0 Å². The summed E-state index contributed by atoms with van der Waals surface area (Å²) in [6, 6.07) is 6.30. The van der Waals surface area contributed by atoms with E-state index in [9.17, 15) is 4.39 Å². The number of nitrogens with zero attached hydrogens (tertiary/aromatic N) is 2. The van der Waals surface area contributed by atoms with Crippen LogP contribution in [0, 0.1) is 17.1 Å². The molecule has 0 fully saturated rings. The second-order valence-electron chi connectivity index (χ2n) is 2.67. The van der Waals surface area contributed by atoms with Gasteiger partial charge in [-0.05, 0) is 18.2 Å². The summed E-state index contributed by atoms with van der Waals surface area (Å²) in [7, 11) is 3.64. The van der Waals surface area contributed by atoms with Gasteiger partial charge in [0, 0.05) is 19.8 Å². The molecule has 3 heteroatoms. The van der Waals surface area contributed by atoms with Crippen LogP contribution in [0.4, 0.5) is 10.1 Å². The van der Waals surface area contributed by atoms with Gasteiger partial charge in [0.15, 0.2) is 0 Å². The van der Waals surface area contributed by atoms with Gasteiger partial charge in [0.25, 0.3) is 0 Å². The van der Waals surface area contributed by atoms with Crippen molar-refractivity contribution in [3.05, 3.63) is 29.6 Å². The highest BCUT2D eigenvalue weighted by molar-refractivity contribution is 5.49. The van der Waals surface area contributed by atoms with Crippen LogP contribution in [0.1, 0.15) is 5.56 Å². The van der Waals surface area contributed by atoms with Crippen molar-refractivity contribution in [2.75, 3.05) is 19.0 Å². The lowest BCUT2D eigenvalue weighted by Crippen LogP contribution is -2.08. The zero-order valence-electron chi connectivity index (χ0n) is 7.00. The van der Waals surface area contributed by atoms with Gasteiger partial charge in [0.2, 0.25) is 0 Å². The third kappa shape index (κ3) is 1.54. The molecule has 0 atom stereocenters. The van der Waals surface area contributed by atoms with Crippen molar-refractivity contribution >= 4 is 5.69 Å². The number of hydrogen-bond acceptors (Lipinski definition) is 2. The van der Waals surface area contributed by atoms with Gasteiger partial charge >= 0.3 is 0 Å². The minimum atomic E-state index is -0.469. The number of benzene rings is 1. The van der Waals surface area contributed by atoms with Crippen LogP contribution in [0.15, 0.2) is 18.2 Å². The first-order chi connectivity index (χ1) is 5.65. The minimum Gasteiger partial charge on any atom is -0.378 e. The molecule has 1 rings (SSSR count). The molecule has 12 heavy (non-hydrogen) atoms. The Morgan fingerprint density at radius 2 is 2.08 bits per heavy atom. The number of rotatable bonds is 1. The highest BCUT2D eigenvalue weighted by Gasteiger charge is 2.02. The number of hydrogen-bond donors (Lipinski definition) is 0. The standard InChI is InChI=1S/C9H9FN2/c1-12(2)8-4-3-7(6-11)9(10)5-8/h3-5H,1-2H3. The zero-order chi connectivity index (χ0) is 9.14. The van der Waals surface area contributed by atoms with Gasteiger partial charge in [-0.2, -0.15) is 5.26 Å². The van der Waals surface area contributed by atoms with Crippen LogP contribution in [0.5, 0.6) is 0 Å². The van der Waals surface area contributed by atoms with Crippen molar-refractivity contribution in [3.63, 3.8) is 0 Å². The van der Waals surface area contributed by atoms with Gasteiger partial charge in [-0.3, -0.25) is 0 Å². The summed E-state index contributed by atoms with van der Waals surface area (Å²) >= 11 is 0. The topological polar surface area (TPSA) is 27.0 Å². The van der Waals surface area contributed by atoms with Crippen LogP contribution >= 0.6 is 0 Å². The first kappa shape index (κ1) is 8.54. The fourth-order valence-corrected chi connectivity index (χ4v) is 0.873. The van der Waals surface area contributed by atoms with Gasteiger partial charge in [0.05, 0.1) is 5.56 Å². The average molecular weight is 164 g/mol. The van der Waals surface area contributed by atoms with E-state index < -0.39 is 5.82 Å². The molecular weight excluding hydrogens is 155 g/mol. The SMILES string of the molecule is CN(C)c1ccc(C#N)c(F)c1. The van der Waals surface area contributed by atoms with E-state index in [1.807, 2.05) is 14.1 Å². The van der Waals surface area contributed by atoms with Crippen LogP contribution < -0.4 is 4.90 Å². The third-order valence-corrected chi connectivity index (χ3v) is 1.59. The quantitative estimate of drug-likeness (QED) is 0.632. The monoisotopic (exact) mass is 164 g/mol. The Morgan fingerprint density at radius 3 is 2.50 bits per heavy atom. The van der Waals surface area contributed by atoms with Crippen molar-refractivity contribution in [3.8, 4) is 6.07 Å². The third-order valence-electron chi connectivity index (χ3n) is 1.59. The van der Waals surface area contributed by atoms with Gasteiger partial charge in [-0.15, -0.1) is 0 Å². The molecule has 62 valence electrons. The maximum Gasteiger partial charge on any atom is 0.143 e. The summed E-state index contributed by atoms with van der Waals surface area (Å²) < 4.78 is 13.0. The van der Waals surface area contributed by atoms with Crippen LogP contribution in [0.3, 0.4) is 0 Å². The van der Waals surface area contributed by atoms with E-state index in [-0.39, 0.29) is 5.56 Å². The predicted octanol–water partition coefficient (Wildman–Crippen LogP) is 1.76. The van der Waals surface area contributed by atoms with Crippen molar-refractivity contribution in [1.29, 1.82) is 5.26 Å². The molecule has 0 saturated heterocycles. The Morgan fingerprint density at radius 1 is 1.42 bits per heavy atom. The molecule has 0 aromatic heterocycles. The molecule has 0 saturated carbocycles. The molecular formula is C9H9FN2. The molecule has 2 nitrogen and oxygen atoms in total. The molecule has 1 aromatic carbocycles. The molecule has 0 spiro atoms. The molecule has 1 aromatic rings. The van der Waals surface area contributed by atoms with E-state index in [1.54, 1.807) is 17.0 Å². The predicted molar refractivity (Wildman–Crippen MR) is 45.4 cm³/mol. The minimum absolute atomic E-state index is 0.0839. The Hall–Kier alpha value is -1.56. The van der Waals surface area contributed by atoms with Crippen LogP contribution in [-0.2, 0) is 0 Å². The summed E-state index contributed by atoms with van der Waals surface area (Å²) in [4.78, 5) is 1.78. The Bertz CT molecular complexity index is 326. The summed E-state index contributed by atoms with van der Waals surface area (Å²) in [6.45, 7) is 0. The Labute approximate surface area is 70.8 Å². The number of halogens is 1. The smallest absolute Gasteiger partial charge is 0.143 e. The van der Waals surface area contributed by atoms with Crippen LogP contribution in [-0.4, -0.2) is 14.1 Å². The fraction of sp³-hybridized carbons (Fsp3) is 0.222. The largest absolute Gasteiger partial charge is 0.378 e. The highest BCUT2D eigenvalue weighted by atomic mass is 19.1. The number of anilines is 1. The molecule has 0 N–H and O–H groups in total. The summed E-state index contributed by atoms with van der Waals surface area (Å²) in [6.07, 6.45) is 0. The second-order valence-corrected chi connectivity index (χ2v) is 2.67. The second kappa shape index (κ2) is 3.22. The Balaban J connectivity index is 3.12. The van der Waals surface area contributed by atoms with Gasteiger partial charge < -0.3 is 4.90 Å². The van der Waals surface area contributed by atoms with E-state index in [0.717, 1.165) is 5.69 Å². The lowest BCUT2D eigenvalue weighted by molar-refractivity contribution is 0.624. The lowest BCUT2D eigenvalue weighted by Gasteiger charge is -2.11. The molecule has 0 bridgehead atoms. The lowest BCUT2D eigenvalue weighted by atomic mass is 10.2. The molecule has 0 aliphatic carbocycles. The van der Waals surface area contributed by atoms with Gasteiger partial charge in [-0.1, -0.05) is 0 Å². The summed E-state index contributed by atoms with van der Waals surface area (Å²) in [5, 5.41) is 8.44. The first-order valence-corrected chi connectivity index (χ1v) is 3.52. The molecule has 0 unspecified atom stereocenters. The number of nitriles is 1. The maximum absolute atomic E-state index is 13.0. The molecule has 0 radical (unpaired) electrons. The van der Waals surface area contributed by atoms with Crippen molar-refractivity contribution in [2.45, 2.75) is 0 Å². The molecule has 0 heterocycles. The summed E-state index contributed by atoms with van der Waals surface area (Å²) in [5.41, 5.74) is 0.840. The van der Waals surface area contributed by atoms with Crippen LogP contribution in [0.25, 0.3) is 0 Å². The molecule has 0 aliphatic heterocycles. The molecule has 0 amide bonds. The van der Waals surface area contributed by atoms with Gasteiger partial charge in [0.1, 0.15) is 11.9 Å². The Kier molecular flexibility index (Phi) is 2.29. The van der Waals surface area contributed by atoms with Gasteiger partial charge in [-0.25, -0.2) is 4.39 Å². The van der Waals surface area contributed by atoms with Crippen LogP contribution in [0.2, 0.25) is 0 Å². The van der Waals surface area contributed by atoms with E-state index in [4.69, 9.17) is 5.26 Å². The normalized spacial score (nSPS) is 9.17. The average Bonchev–Trinajstić information content (AvgIpc) is 2.04. The van der Waals surface area contributed by atoms with Crippen molar-refractivity contribution in [1.82, 2.24) is 0 Å².